The van der Waals surface area contributed by atoms with E-state index in [-0.39, 0.29) is 5.82 Å². The molecule has 15 heavy (non-hydrogen) atoms. The highest BCUT2D eigenvalue weighted by Crippen LogP contribution is 2.25. The Morgan fingerprint density at radius 2 is 2.00 bits per heavy atom. The van der Waals surface area contributed by atoms with Crippen molar-refractivity contribution in [3.8, 4) is 0 Å². The Morgan fingerprint density at radius 1 is 1.27 bits per heavy atom. The zero-order valence-corrected chi connectivity index (χ0v) is 10.1. The van der Waals surface area contributed by atoms with E-state index in [9.17, 15) is 4.39 Å². The topological polar surface area (TPSA) is 13.1 Å². The first-order valence-corrected chi connectivity index (χ1v) is 6.13. The van der Waals surface area contributed by atoms with Crippen LogP contribution in [0.1, 0.15) is 5.56 Å². The first-order chi connectivity index (χ1) is 7.24. The van der Waals surface area contributed by atoms with E-state index in [1.807, 2.05) is 6.07 Å². The first kappa shape index (κ1) is 10.8. The van der Waals surface area contributed by atoms with E-state index in [0.29, 0.717) is 0 Å². The normalized spacial score (nSPS) is 10.5. The van der Waals surface area contributed by atoms with Crippen LogP contribution < -0.4 is 0 Å². The summed E-state index contributed by atoms with van der Waals surface area (Å²) in [6, 6.07) is 8.40. The molecule has 0 N–H and O–H groups in total. The highest BCUT2D eigenvalue weighted by Gasteiger charge is 2.00. The van der Waals surface area contributed by atoms with Crippen LogP contribution in [0.4, 0.5) is 4.39 Å². The number of furan rings is 1. The summed E-state index contributed by atoms with van der Waals surface area (Å²) in [6.45, 7) is 0. The molecule has 0 radical (unpaired) electrons. The number of hydrogen-bond acceptors (Lipinski definition) is 2. The molecule has 1 nitrogen and oxygen atoms in total. The second kappa shape index (κ2) is 4.86. The predicted octanol–water partition coefficient (Wildman–Crippen LogP) is 4.47. The Balaban J connectivity index is 1.96. The lowest BCUT2D eigenvalue weighted by molar-refractivity contribution is 0.539. The highest BCUT2D eigenvalue weighted by atomic mass is 79.9. The van der Waals surface area contributed by atoms with Gasteiger partial charge in [-0.15, -0.1) is 11.8 Å². The van der Waals surface area contributed by atoms with E-state index in [1.165, 1.54) is 12.1 Å². The fourth-order valence-electron chi connectivity index (χ4n) is 1.12. The molecule has 78 valence electrons. The molecule has 0 atom stereocenters. The van der Waals surface area contributed by atoms with Crippen LogP contribution >= 0.6 is 27.7 Å². The monoisotopic (exact) mass is 286 g/mol. The fourth-order valence-corrected chi connectivity index (χ4v) is 2.32. The van der Waals surface area contributed by atoms with Gasteiger partial charge in [-0.1, -0.05) is 0 Å². The maximum absolute atomic E-state index is 12.6. The van der Waals surface area contributed by atoms with Crippen LogP contribution in [0.25, 0.3) is 0 Å². The minimum Gasteiger partial charge on any atom is -0.457 e. The van der Waals surface area contributed by atoms with E-state index >= 15 is 0 Å². The summed E-state index contributed by atoms with van der Waals surface area (Å²) in [5, 5.41) is 0. The van der Waals surface area contributed by atoms with Crippen LogP contribution in [0.2, 0.25) is 0 Å². The Labute approximate surface area is 99.8 Å². The second-order valence-electron chi connectivity index (χ2n) is 3.00. The number of rotatable bonds is 3. The summed E-state index contributed by atoms with van der Waals surface area (Å²) >= 11 is 4.89. The van der Waals surface area contributed by atoms with Gasteiger partial charge in [-0.25, -0.2) is 4.39 Å². The molecule has 0 aliphatic rings. The SMILES string of the molecule is Fc1ccc(SCc2coc(Br)c2)cc1. The molecule has 0 unspecified atom stereocenters. The van der Waals surface area contributed by atoms with Gasteiger partial charge in [0, 0.05) is 16.2 Å². The van der Waals surface area contributed by atoms with E-state index < -0.39 is 0 Å². The van der Waals surface area contributed by atoms with Crippen LogP contribution in [0.5, 0.6) is 0 Å². The van der Waals surface area contributed by atoms with Crippen molar-refractivity contribution in [2.75, 3.05) is 0 Å². The Morgan fingerprint density at radius 3 is 2.60 bits per heavy atom. The van der Waals surface area contributed by atoms with Crippen LogP contribution in [0.15, 0.2) is 50.6 Å². The largest absolute Gasteiger partial charge is 0.457 e. The Bertz CT molecular complexity index is 438. The molecule has 0 saturated heterocycles. The average molecular weight is 287 g/mol. The molecule has 1 aromatic carbocycles. The molecule has 0 saturated carbocycles. The minimum absolute atomic E-state index is 0.203. The molecule has 0 aliphatic heterocycles. The van der Waals surface area contributed by atoms with Crippen LogP contribution in [-0.4, -0.2) is 0 Å². The van der Waals surface area contributed by atoms with Crippen molar-refractivity contribution in [2.24, 2.45) is 0 Å². The molecule has 0 bridgehead atoms. The van der Waals surface area contributed by atoms with Crippen molar-refractivity contribution in [1.29, 1.82) is 0 Å². The molecule has 1 heterocycles. The third-order valence-electron chi connectivity index (χ3n) is 1.84. The van der Waals surface area contributed by atoms with Gasteiger partial charge in [-0.3, -0.25) is 0 Å². The van der Waals surface area contributed by atoms with Crippen LogP contribution in [0, 0.1) is 5.82 Å². The molecule has 1 aromatic heterocycles. The summed E-state index contributed by atoms with van der Waals surface area (Å²) in [5.41, 5.74) is 1.11. The summed E-state index contributed by atoms with van der Waals surface area (Å²) in [6.07, 6.45) is 1.71. The number of halogens is 2. The molecule has 0 aliphatic carbocycles. The lowest BCUT2D eigenvalue weighted by Gasteiger charge is -1.98. The van der Waals surface area contributed by atoms with Gasteiger partial charge in [-0.2, -0.15) is 0 Å². The van der Waals surface area contributed by atoms with E-state index in [0.717, 1.165) is 20.9 Å². The summed E-state index contributed by atoms with van der Waals surface area (Å²) in [4.78, 5) is 1.05. The third-order valence-corrected chi connectivity index (χ3v) is 3.34. The molecule has 2 aromatic rings. The van der Waals surface area contributed by atoms with Crippen molar-refractivity contribution in [3.05, 3.63) is 52.6 Å². The summed E-state index contributed by atoms with van der Waals surface area (Å²) < 4.78 is 18.5. The Kier molecular flexibility index (Phi) is 3.49. The Hall–Kier alpha value is -0.740. The third kappa shape index (κ3) is 3.11. The van der Waals surface area contributed by atoms with E-state index in [1.54, 1.807) is 30.2 Å². The van der Waals surface area contributed by atoms with Crippen molar-refractivity contribution >= 4 is 27.7 Å². The molecule has 0 spiro atoms. The zero-order valence-electron chi connectivity index (χ0n) is 7.74. The van der Waals surface area contributed by atoms with Gasteiger partial charge in [0.25, 0.3) is 0 Å². The summed E-state index contributed by atoms with van der Waals surface area (Å²) in [7, 11) is 0. The quantitative estimate of drug-likeness (QED) is 0.772. The second-order valence-corrected chi connectivity index (χ2v) is 4.83. The van der Waals surface area contributed by atoms with E-state index in [2.05, 4.69) is 15.9 Å². The summed E-state index contributed by atoms with van der Waals surface area (Å²) in [5.74, 6) is 0.617. The lowest BCUT2D eigenvalue weighted by Crippen LogP contribution is -1.77. The van der Waals surface area contributed by atoms with Gasteiger partial charge in [-0.05, 0) is 46.3 Å². The van der Waals surface area contributed by atoms with Gasteiger partial charge >= 0.3 is 0 Å². The van der Waals surface area contributed by atoms with Crippen molar-refractivity contribution in [1.82, 2.24) is 0 Å². The van der Waals surface area contributed by atoms with Crippen molar-refractivity contribution < 1.29 is 8.81 Å². The van der Waals surface area contributed by atoms with Crippen molar-refractivity contribution in [3.63, 3.8) is 0 Å². The fraction of sp³-hybridized carbons (Fsp3) is 0.0909. The number of benzene rings is 1. The minimum atomic E-state index is -0.203. The standard InChI is InChI=1S/C11H8BrFOS/c12-11-5-8(6-14-11)7-15-10-3-1-9(13)2-4-10/h1-6H,7H2. The molecule has 2 rings (SSSR count). The first-order valence-electron chi connectivity index (χ1n) is 4.35. The van der Waals surface area contributed by atoms with Gasteiger partial charge in [0.05, 0.1) is 6.26 Å². The highest BCUT2D eigenvalue weighted by molar-refractivity contribution is 9.10. The van der Waals surface area contributed by atoms with Crippen LogP contribution in [-0.2, 0) is 5.75 Å². The van der Waals surface area contributed by atoms with Gasteiger partial charge in [0.15, 0.2) is 4.67 Å². The van der Waals surface area contributed by atoms with Crippen molar-refractivity contribution in [2.45, 2.75) is 10.6 Å². The van der Waals surface area contributed by atoms with Gasteiger partial charge in [0.2, 0.25) is 0 Å². The molecule has 0 amide bonds. The smallest absolute Gasteiger partial charge is 0.169 e. The number of thioether (sulfide) groups is 1. The van der Waals surface area contributed by atoms with Gasteiger partial charge < -0.3 is 4.42 Å². The van der Waals surface area contributed by atoms with Crippen LogP contribution in [0.3, 0.4) is 0 Å². The lowest BCUT2D eigenvalue weighted by atomic mass is 10.3. The maximum atomic E-state index is 12.6. The van der Waals surface area contributed by atoms with E-state index in [4.69, 9.17) is 4.42 Å². The predicted molar refractivity (Wildman–Crippen MR) is 62.4 cm³/mol. The molecule has 0 fully saturated rings. The zero-order chi connectivity index (χ0) is 10.7. The average Bonchev–Trinajstić information content (AvgIpc) is 2.64. The molecular formula is C11H8BrFOS. The maximum Gasteiger partial charge on any atom is 0.169 e. The molecule has 4 heteroatoms. The number of hydrogen-bond donors (Lipinski definition) is 0. The van der Waals surface area contributed by atoms with Gasteiger partial charge in [0.1, 0.15) is 5.82 Å². The molecular weight excluding hydrogens is 279 g/mol.